The lowest BCUT2D eigenvalue weighted by Crippen LogP contribution is -2.42. The van der Waals surface area contributed by atoms with E-state index in [2.05, 4.69) is 10.0 Å². The summed E-state index contributed by atoms with van der Waals surface area (Å²) < 4.78 is 25.4. The van der Waals surface area contributed by atoms with Crippen molar-refractivity contribution in [1.29, 1.82) is 0 Å². The van der Waals surface area contributed by atoms with Gasteiger partial charge in [0.2, 0.25) is 15.9 Å². The van der Waals surface area contributed by atoms with Crippen molar-refractivity contribution in [3.8, 4) is 0 Å². The molecule has 0 aliphatic heterocycles. The van der Waals surface area contributed by atoms with Crippen molar-refractivity contribution in [1.82, 2.24) is 10.0 Å². The number of rotatable bonds is 8. The molecule has 1 aliphatic carbocycles. The average Bonchev–Trinajstić information content (AvgIpc) is 3.35. The zero-order valence-electron chi connectivity index (χ0n) is 12.8. The molecule has 0 bridgehead atoms. The Morgan fingerprint density at radius 1 is 1.26 bits per heavy atom. The molecular weight excluding hydrogens is 320 g/mol. The van der Waals surface area contributed by atoms with Crippen LogP contribution >= 0.6 is 0 Å². The maximum absolute atomic E-state index is 11.9. The Morgan fingerprint density at radius 3 is 2.35 bits per heavy atom. The number of carbonyl (C=O) groups excluding carboxylic acids is 1. The minimum atomic E-state index is -3.47. The van der Waals surface area contributed by atoms with E-state index in [0.29, 0.717) is 6.42 Å². The van der Waals surface area contributed by atoms with E-state index in [-0.39, 0.29) is 23.1 Å². The van der Waals surface area contributed by atoms with Gasteiger partial charge in [0.15, 0.2) is 0 Å². The summed E-state index contributed by atoms with van der Waals surface area (Å²) in [4.78, 5) is 23.1. The molecule has 0 saturated heterocycles. The Labute approximate surface area is 135 Å². The normalized spacial score (nSPS) is 15.9. The molecule has 8 heteroatoms. The van der Waals surface area contributed by atoms with Crippen LogP contribution < -0.4 is 10.0 Å². The number of carboxylic acids is 1. The highest BCUT2D eigenvalue weighted by atomic mass is 32.2. The molecule has 23 heavy (non-hydrogen) atoms. The van der Waals surface area contributed by atoms with Gasteiger partial charge in [-0.1, -0.05) is 12.1 Å². The molecule has 3 N–H and O–H groups in total. The van der Waals surface area contributed by atoms with Crippen LogP contribution in [0.25, 0.3) is 0 Å². The second kappa shape index (κ2) is 7.10. The van der Waals surface area contributed by atoms with Crippen molar-refractivity contribution < 1.29 is 23.1 Å². The van der Waals surface area contributed by atoms with Gasteiger partial charge < -0.3 is 10.4 Å². The van der Waals surface area contributed by atoms with Gasteiger partial charge in [-0.2, -0.15) is 0 Å². The SMILES string of the molecule is CNS(=O)(=O)c1ccc(CCC(=O)NC(C(=O)O)C2CC2)cc1. The number of amides is 1. The number of sulfonamides is 1. The zero-order valence-corrected chi connectivity index (χ0v) is 13.6. The summed E-state index contributed by atoms with van der Waals surface area (Å²) in [7, 11) is -2.13. The lowest BCUT2D eigenvalue weighted by Gasteiger charge is -2.13. The molecule has 7 nitrogen and oxygen atoms in total. The minimum Gasteiger partial charge on any atom is -0.480 e. The highest BCUT2D eigenvalue weighted by molar-refractivity contribution is 7.89. The van der Waals surface area contributed by atoms with E-state index in [4.69, 9.17) is 5.11 Å². The van der Waals surface area contributed by atoms with Crippen LogP contribution in [0.3, 0.4) is 0 Å². The first-order valence-electron chi connectivity index (χ1n) is 7.38. The number of hydrogen-bond acceptors (Lipinski definition) is 4. The molecule has 0 aromatic heterocycles. The minimum absolute atomic E-state index is 0.0440. The molecule has 0 radical (unpaired) electrons. The number of benzene rings is 1. The van der Waals surface area contributed by atoms with Gasteiger partial charge in [-0.05, 0) is 49.9 Å². The largest absolute Gasteiger partial charge is 0.480 e. The average molecular weight is 340 g/mol. The summed E-state index contributed by atoms with van der Waals surface area (Å²) in [5, 5.41) is 11.6. The molecular formula is C15H20N2O5S. The maximum Gasteiger partial charge on any atom is 0.326 e. The molecule has 1 aromatic carbocycles. The Morgan fingerprint density at radius 2 is 1.87 bits per heavy atom. The van der Waals surface area contributed by atoms with E-state index in [1.165, 1.54) is 19.2 Å². The third-order valence-corrected chi connectivity index (χ3v) is 5.25. The van der Waals surface area contributed by atoms with Crippen LogP contribution in [0, 0.1) is 5.92 Å². The smallest absolute Gasteiger partial charge is 0.326 e. The van der Waals surface area contributed by atoms with Gasteiger partial charge in [0.25, 0.3) is 0 Å². The second-order valence-electron chi connectivity index (χ2n) is 5.57. The highest BCUT2D eigenvalue weighted by Gasteiger charge is 2.37. The highest BCUT2D eigenvalue weighted by Crippen LogP contribution is 2.32. The lowest BCUT2D eigenvalue weighted by molar-refractivity contribution is -0.142. The van der Waals surface area contributed by atoms with Crippen LogP contribution in [0.4, 0.5) is 0 Å². The van der Waals surface area contributed by atoms with E-state index in [0.717, 1.165) is 18.4 Å². The summed E-state index contributed by atoms with van der Waals surface area (Å²) >= 11 is 0. The summed E-state index contributed by atoms with van der Waals surface area (Å²) in [6, 6.07) is 5.44. The van der Waals surface area contributed by atoms with E-state index in [1.54, 1.807) is 12.1 Å². The second-order valence-corrected chi connectivity index (χ2v) is 7.46. The monoisotopic (exact) mass is 340 g/mol. The topological polar surface area (TPSA) is 113 Å². The number of carbonyl (C=O) groups is 2. The van der Waals surface area contributed by atoms with Crippen LogP contribution in [0.15, 0.2) is 29.2 Å². The van der Waals surface area contributed by atoms with E-state index in [9.17, 15) is 18.0 Å². The molecule has 1 atom stereocenters. The standard InChI is InChI=1S/C15H20N2O5S/c1-16-23(21,22)12-7-2-10(3-8-12)4-9-13(18)17-14(15(19)20)11-5-6-11/h2-3,7-8,11,14,16H,4-6,9H2,1H3,(H,17,18)(H,19,20). The molecule has 1 saturated carbocycles. The van der Waals surface area contributed by atoms with Crippen molar-refractivity contribution >= 4 is 21.9 Å². The molecule has 1 unspecified atom stereocenters. The molecule has 0 heterocycles. The van der Waals surface area contributed by atoms with Crippen LogP contribution in [0.5, 0.6) is 0 Å². The molecule has 2 rings (SSSR count). The molecule has 126 valence electrons. The fraction of sp³-hybridized carbons (Fsp3) is 0.467. The van der Waals surface area contributed by atoms with Gasteiger partial charge in [-0.25, -0.2) is 17.9 Å². The van der Waals surface area contributed by atoms with Gasteiger partial charge in [0.05, 0.1) is 4.90 Å². The quantitative estimate of drug-likeness (QED) is 0.638. The number of carboxylic acid groups (broad SMARTS) is 1. The zero-order chi connectivity index (χ0) is 17.0. The fourth-order valence-corrected chi connectivity index (χ4v) is 3.00. The van der Waals surface area contributed by atoms with Crippen LogP contribution in [0.1, 0.15) is 24.8 Å². The molecule has 1 aliphatic rings. The van der Waals surface area contributed by atoms with Crippen molar-refractivity contribution in [2.24, 2.45) is 5.92 Å². The predicted octanol–water partition coefficient (Wildman–Crippen LogP) is 0.507. The maximum atomic E-state index is 11.9. The van der Waals surface area contributed by atoms with E-state index < -0.39 is 22.0 Å². The van der Waals surface area contributed by atoms with Crippen molar-refractivity contribution in [2.75, 3.05) is 7.05 Å². The van der Waals surface area contributed by atoms with Crippen molar-refractivity contribution in [3.63, 3.8) is 0 Å². The first-order chi connectivity index (χ1) is 10.8. The Hall–Kier alpha value is -1.93. The first kappa shape index (κ1) is 17.4. The molecule has 1 fully saturated rings. The van der Waals surface area contributed by atoms with E-state index >= 15 is 0 Å². The summed E-state index contributed by atoms with van der Waals surface area (Å²) in [6.45, 7) is 0. The van der Waals surface area contributed by atoms with Crippen molar-refractivity contribution in [2.45, 2.75) is 36.6 Å². The van der Waals surface area contributed by atoms with Gasteiger partial charge in [-0.3, -0.25) is 4.79 Å². The third kappa shape index (κ3) is 4.77. The van der Waals surface area contributed by atoms with E-state index in [1.807, 2.05) is 0 Å². The predicted molar refractivity (Wildman–Crippen MR) is 83.3 cm³/mol. The number of nitrogens with one attached hydrogen (secondary N) is 2. The Balaban J connectivity index is 1.88. The number of aliphatic carboxylic acids is 1. The number of hydrogen-bond donors (Lipinski definition) is 3. The summed E-state index contributed by atoms with van der Waals surface area (Å²) in [5.41, 5.74) is 0.813. The molecule has 0 spiro atoms. The van der Waals surface area contributed by atoms with Gasteiger partial charge >= 0.3 is 5.97 Å². The third-order valence-electron chi connectivity index (χ3n) is 3.82. The van der Waals surface area contributed by atoms with Gasteiger partial charge in [0, 0.05) is 6.42 Å². The van der Waals surface area contributed by atoms with Crippen molar-refractivity contribution in [3.05, 3.63) is 29.8 Å². The summed E-state index contributed by atoms with van der Waals surface area (Å²) in [6.07, 6.45) is 2.24. The lowest BCUT2D eigenvalue weighted by atomic mass is 10.1. The first-order valence-corrected chi connectivity index (χ1v) is 8.86. The van der Waals surface area contributed by atoms with Gasteiger partial charge in [0.1, 0.15) is 6.04 Å². The Kier molecular flexibility index (Phi) is 5.38. The fourth-order valence-electron chi connectivity index (χ4n) is 2.27. The van der Waals surface area contributed by atoms with Gasteiger partial charge in [-0.15, -0.1) is 0 Å². The number of aryl methyl sites for hydroxylation is 1. The Bertz CT molecular complexity index is 680. The van der Waals surface area contributed by atoms with Crippen LogP contribution in [-0.2, 0) is 26.0 Å². The molecule has 1 amide bonds. The molecule has 1 aromatic rings. The van der Waals surface area contributed by atoms with Crippen LogP contribution in [0.2, 0.25) is 0 Å². The van der Waals surface area contributed by atoms with Crippen LogP contribution in [-0.4, -0.2) is 38.5 Å². The summed E-state index contributed by atoms with van der Waals surface area (Å²) in [5.74, 6) is -1.26.